The van der Waals surface area contributed by atoms with Gasteiger partial charge in [-0.2, -0.15) is 0 Å². The molecule has 0 aromatic carbocycles. The SMILES string of the molecule is CN[C@H]1CN(c2ccc3c(=O)c(C(=O)O)cn(-c4nccs4)c3n2)C[C@@H]1O. The van der Waals surface area contributed by atoms with Crippen LogP contribution in [0.25, 0.3) is 16.2 Å². The molecular weight excluding hydrogens is 370 g/mol. The summed E-state index contributed by atoms with van der Waals surface area (Å²) in [5, 5.41) is 25.0. The minimum Gasteiger partial charge on any atom is -0.477 e. The average Bonchev–Trinajstić information content (AvgIpc) is 3.31. The number of carboxylic acid groups (broad SMARTS) is 1. The molecule has 1 aliphatic heterocycles. The van der Waals surface area contributed by atoms with E-state index >= 15 is 0 Å². The van der Waals surface area contributed by atoms with E-state index in [9.17, 15) is 19.8 Å². The number of likely N-dealkylation sites (N-methyl/N-ethyl adjacent to an activating group) is 1. The van der Waals surface area contributed by atoms with Gasteiger partial charge in [-0.05, 0) is 19.2 Å². The van der Waals surface area contributed by atoms with Crippen molar-refractivity contribution in [3.63, 3.8) is 0 Å². The summed E-state index contributed by atoms with van der Waals surface area (Å²) in [6, 6.07) is 3.18. The lowest BCUT2D eigenvalue weighted by molar-refractivity contribution is 0.0695. The van der Waals surface area contributed by atoms with Crippen LogP contribution in [0.3, 0.4) is 0 Å². The van der Waals surface area contributed by atoms with Crippen LogP contribution in [0.2, 0.25) is 0 Å². The molecule has 1 fully saturated rings. The van der Waals surface area contributed by atoms with E-state index in [0.717, 1.165) is 0 Å². The summed E-state index contributed by atoms with van der Waals surface area (Å²) < 4.78 is 1.52. The second-order valence-corrected chi connectivity index (χ2v) is 7.14. The van der Waals surface area contributed by atoms with Crippen molar-refractivity contribution >= 4 is 34.2 Å². The highest BCUT2D eigenvalue weighted by atomic mass is 32.1. The number of pyridine rings is 2. The number of β-amino-alcohol motifs (C(OH)–C–C–N with tert-alkyl or cyclic N) is 1. The Morgan fingerprint density at radius 2 is 2.19 bits per heavy atom. The van der Waals surface area contributed by atoms with E-state index in [1.54, 1.807) is 30.8 Å². The van der Waals surface area contributed by atoms with Crippen molar-refractivity contribution in [3.8, 4) is 5.13 Å². The first-order valence-electron chi connectivity index (χ1n) is 8.29. The third kappa shape index (κ3) is 2.97. The van der Waals surface area contributed by atoms with Crippen LogP contribution < -0.4 is 15.6 Å². The number of thiazole rings is 1. The molecule has 9 nitrogen and oxygen atoms in total. The highest BCUT2D eigenvalue weighted by Gasteiger charge is 2.31. The van der Waals surface area contributed by atoms with Crippen molar-refractivity contribution in [3.05, 3.63) is 45.7 Å². The molecule has 0 unspecified atom stereocenters. The fourth-order valence-corrected chi connectivity index (χ4v) is 3.88. The lowest BCUT2D eigenvalue weighted by Crippen LogP contribution is -2.36. The molecule has 2 atom stereocenters. The van der Waals surface area contributed by atoms with Gasteiger partial charge in [-0.15, -0.1) is 11.3 Å². The summed E-state index contributed by atoms with van der Waals surface area (Å²) in [5.74, 6) is -0.692. The monoisotopic (exact) mass is 387 g/mol. The lowest BCUT2D eigenvalue weighted by Gasteiger charge is -2.18. The molecule has 3 aromatic rings. The lowest BCUT2D eigenvalue weighted by atomic mass is 10.2. The number of aromatic carboxylic acids is 1. The van der Waals surface area contributed by atoms with Crippen LogP contribution >= 0.6 is 11.3 Å². The van der Waals surface area contributed by atoms with E-state index in [-0.39, 0.29) is 17.0 Å². The van der Waals surface area contributed by atoms with E-state index in [4.69, 9.17) is 0 Å². The smallest absolute Gasteiger partial charge is 0.341 e. The fraction of sp³-hybridized carbons (Fsp3) is 0.294. The van der Waals surface area contributed by atoms with Crippen LogP contribution in [0.15, 0.2) is 34.7 Å². The number of aliphatic hydroxyl groups excluding tert-OH is 1. The van der Waals surface area contributed by atoms with Crippen LogP contribution in [0.1, 0.15) is 10.4 Å². The van der Waals surface area contributed by atoms with Gasteiger partial charge < -0.3 is 20.4 Å². The number of nitrogens with zero attached hydrogens (tertiary/aromatic N) is 4. The minimum atomic E-state index is -1.30. The van der Waals surface area contributed by atoms with Gasteiger partial charge in [-0.3, -0.25) is 9.36 Å². The molecule has 1 aliphatic rings. The molecule has 0 aliphatic carbocycles. The average molecular weight is 387 g/mol. The Morgan fingerprint density at radius 1 is 1.37 bits per heavy atom. The first-order chi connectivity index (χ1) is 13.0. The van der Waals surface area contributed by atoms with Crippen molar-refractivity contribution in [1.29, 1.82) is 0 Å². The number of carbonyl (C=O) groups is 1. The Kier molecular flexibility index (Phi) is 4.38. The van der Waals surface area contributed by atoms with E-state index in [1.807, 2.05) is 4.90 Å². The molecule has 0 amide bonds. The van der Waals surface area contributed by atoms with Crippen LogP contribution in [-0.2, 0) is 0 Å². The highest BCUT2D eigenvalue weighted by molar-refractivity contribution is 7.12. The molecule has 0 bridgehead atoms. The summed E-state index contributed by atoms with van der Waals surface area (Å²) in [4.78, 5) is 34.8. The standard InChI is InChI=1S/C17H17N5O4S/c1-18-11-7-21(8-12(11)23)13-3-2-9-14(24)10(16(25)26)6-22(15(9)20-13)17-19-4-5-27-17/h2-6,11-12,18,23H,7-8H2,1H3,(H,25,26)/t11-,12-/m0/s1. The van der Waals surface area contributed by atoms with Crippen LogP contribution in [-0.4, -0.2) is 63.0 Å². The maximum atomic E-state index is 12.6. The molecule has 10 heteroatoms. The van der Waals surface area contributed by atoms with Crippen LogP contribution in [0.5, 0.6) is 0 Å². The summed E-state index contributed by atoms with van der Waals surface area (Å²) in [7, 11) is 1.79. The van der Waals surface area contributed by atoms with Gasteiger partial charge >= 0.3 is 5.97 Å². The Balaban J connectivity index is 1.90. The Labute approximate surface area is 157 Å². The maximum Gasteiger partial charge on any atom is 0.341 e. The van der Waals surface area contributed by atoms with Gasteiger partial charge in [0.15, 0.2) is 10.8 Å². The van der Waals surface area contributed by atoms with Crippen molar-refractivity contribution in [2.75, 3.05) is 25.0 Å². The number of aromatic nitrogens is 3. The number of aliphatic hydroxyl groups is 1. The van der Waals surface area contributed by atoms with Crippen molar-refractivity contribution < 1.29 is 15.0 Å². The number of rotatable bonds is 4. The van der Waals surface area contributed by atoms with Gasteiger partial charge in [0.2, 0.25) is 5.43 Å². The van der Waals surface area contributed by atoms with Gasteiger partial charge in [0.25, 0.3) is 0 Å². The Hall–Kier alpha value is -2.82. The van der Waals surface area contributed by atoms with E-state index < -0.39 is 17.5 Å². The molecule has 1 saturated heterocycles. The van der Waals surface area contributed by atoms with Gasteiger partial charge in [0.05, 0.1) is 17.5 Å². The number of anilines is 1. The number of hydrogen-bond donors (Lipinski definition) is 3. The molecule has 0 radical (unpaired) electrons. The number of hydrogen-bond acceptors (Lipinski definition) is 8. The molecule has 4 heterocycles. The first kappa shape index (κ1) is 17.6. The van der Waals surface area contributed by atoms with E-state index in [1.165, 1.54) is 22.1 Å². The van der Waals surface area contributed by atoms with E-state index in [0.29, 0.717) is 29.7 Å². The summed E-state index contributed by atoms with van der Waals surface area (Å²) in [6.07, 6.45) is 2.34. The molecule has 140 valence electrons. The predicted octanol–water partition coefficient (Wildman–Crippen LogP) is 0.309. The summed E-state index contributed by atoms with van der Waals surface area (Å²) in [5.41, 5.74) is -0.585. The number of nitrogens with one attached hydrogen (secondary N) is 1. The molecule has 0 saturated carbocycles. The van der Waals surface area contributed by atoms with Crippen LogP contribution in [0, 0.1) is 0 Å². The third-order valence-electron chi connectivity index (χ3n) is 4.68. The second-order valence-electron chi connectivity index (χ2n) is 6.27. The predicted molar refractivity (Wildman–Crippen MR) is 101 cm³/mol. The normalized spacial score (nSPS) is 19.7. The third-order valence-corrected chi connectivity index (χ3v) is 5.45. The van der Waals surface area contributed by atoms with Crippen molar-refractivity contribution in [1.82, 2.24) is 19.9 Å². The molecule has 4 rings (SSSR count). The molecule has 3 aromatic heterocycles. The zero-order valence-corrected chi connectivity index (χ0v) is 15.2. The molecule has 0 spiro atoms. The summed E-state index contributed by atoms with van der Waals surface area (Å²) in [6.45, 7) is 0.990. The second kappa shape index (κ2) is 6.72. The maximum absolute atomic E-state index is 12.6. The largest absolute Gasteiger partial charge is 0.477 e. The van der Waals surface area contributed by atoms with Gasteiger partial charge in [-0.1, -0.05) is 0 Å². The molecule has 3 N–H and O–H groups in total. The fourth-order valence-electron chi connectivity index (χ4n) is 3.26. The highest BCUT2D eigenvalue weighted by Crippen LogP contribution is 2.24. The van der Waals surface area contributed by atoms with Crippen molar-refractivity contribution in [2.45, 2.75) is 12.1 Å². The van der Waals surface area contributed by atoms with Gasteiger partial charge in [0, 0.05) is 30.9 Å². The summed E-state index contributed by atoms with van der Waals surface area (Å²) >= 11 is 1.31. The molecule has 27 heavy (non-hydrogen) atoms. The van der Waals surface area contributed by atoms with Crippen molar-refractivity contribution in [2.24, 2.45) is 0 Å². The first-order valence-corrected chi connectivity index (χ1v) is 9.17. The van der Waals surface area contributed by atoms with Gasteiger partial charge in [0.1, 0.15) is 11.4 Å². The zero-order chi connectivity index (χ0) is 19.1. The quantitative estimate of drug-likeness (QED) is 0.585. The van der Waals surface area contributed by atoms with Gasteiger partial charge in [-0.25, -0.2) is 14.8 Å². The Bertz CT molecular complexity index is 1070. The molecular formula is C17H17N5O4S. The Morgan fingerprint density at radius 3 is 2.81 bits per heavy atom. The van der Waals surface area contributed by atoms with Crippen LogP contribution in [0.4, 0.5) is 5.82 Å². The number of carboxylic acids is 1. The topological polar surface area (TPSA) is 121 Å². The zero-order valence-electron chi connectivity index (χ0n) is 14.4. The minimum absolute atomic E-state index is 0.0713. The number of fused-ring (bicyclic) bond motifs is 1. The van der Waals surface area contributed by atoms with E-state index in [2.05, 4.69) is 15.3 Å².